The smallest absolute Gasteiger partial charge is 0.334 e. The van der Waals surface area contributed by atoms with Gasteiger partial charge in [0.2, 0.25) is 0 Å². The van der Waals surface area contributed by atoms with Crippen LogP contribution in [0.2, 0.25) is 0 Å². The molecule has 6 heteroatoms. The average Bonchev–Trinajstić information content (AvgIpc) is 1.87. The molecule has 4 N–H and O–H groups in total. The van der Waals surface area contributed by atoms with E-state index in [1.165, 1.54) is 7.05 Å². The Bertz CT molecular complexity index is 176. The van der Waals surface area contributed by atoms with E-state index in [1.54, 1.807) is 0 Å². The molecule has 0 unspecified atom stereocenters. The molecule has 2 amide bonds. The third kappa shape index (κ3) is 2.65. The van der Waals surface area contributed by atoms with Crippen molar-refractivity contribution in [3.8, 4) is 0 Å². The molecular formula is C4H8N4O2. The van der Waals surface area contributed by atoms with Crippen LogP contribution in [-0.4, -0.2) is 30.2 Å². The van der Waals surface area contributed by atoms with E-state index in [1.807, 2.05) is 0 Å². The average molecular weight is 144 g/mol. The highest BCUT2D eigenvalue weighted by molar-refractivity contribution is 6.26. The van der Waals surface area contributed by atoms with Crippen molar-refractivity contribution < 1.29 is 9.59 Å². The summed E-state index contributed by atoms with van der Waals surface area (Å²) >= 11 is 0. The Morgan fingerprint density at radius 1 is 1.60 bits per heavy atom. The van der Waals surface area contributed by atoms with Gasteiger partial charge in [0.1, 0.15) is 0 Å². The molecule has 0 saturated heterocycles. The zero-order valence-corrected chi connectivity index (χ0v) is 5.44. The highest BCUT2D eigenvalue weighted by atomic mass is 16.2. The van der Waals surface area contributed by atoms with Gasteiger partial charge in [-0.3, -0.25) is 4.79 Å². The van der Waals surface area contributed by atoms with Gasteiger partial charge in [0.05, 0.1) is 0 Å². The Hall–Kier alpha value is -1.59. The lowest BCUT2D eigenvalue weighted by molar-refractivity contribution is -0.102. The zero-order chi connectivity index (χ0) is 8.15. The molecule has 0 atom stereocenters. The number of hydrazone groups is 1. The van der Waals surface area contributed by atoms with E-state index in [2.05, 4.69) is 5.10 Å². The molecule has 0 aliphatic rings. The predicted molar refractivity (Wildman–Crippen MR) is 35.0 cm³/mol. The number of carbonyl (C=O) groups is 2. The molecule has 0 aliphatic heterocycles. The number of rotatable bonds is 2. The molecule has 56 valence electrons. The maximum atomic E-state index is 10.2. The maximum absolute atomic E-state index is 10.2. The normalized spacial score (nSPS) is 10.7. The number of hydrogen-bond acceptors (Lipinski definition) is 3. The minimum absolute atomic E-state index is 0.290. The summed E-state index contributed by atoms with van der Waals surface area (Å²) in [5.41, 5.74) is 9.69. The fourth-order valence-electron chi connectivity index (χ4n) is 0.246. The van der Waals surface area contributed by atoms with E-state index in [4.69, 9.17) is 11.5 Å². The Balaban J connectivity index is 4.11. The van der Waals surface area contributed by atoms with Crippen LogP contribution in [0.4, 0.5) is 4.79 Å². The van der Waals surface area contributed by atoms with Crippen LogP contribution in [0, 0.1) is 0 Å². The van der Waals surface area contributed by atoms with Gasteiger partial charge in [0.25, 0.3) is 0 Å². The zero-order valence-electron chi connectivity index (χ0n) is 5.44. The standard InChI is InChI=1S/C4H8N4O2/c1-8(4(6)10)7-3(5)2-9/h2H,1H3,(H2,5,7)(H2,6,10). The number of nitrogens with two attached hydrogens (primary N) is 2. The third-order valence-electron chi connectivity index (χ3n) is 0.705. The van der Waals surface area contributed by atoms with Gasteiger partial charge < -0.3 is 11.5 Å². The van der Waals surface area contributed by atoms with Crippen molar-refractivity contribution in [3.05, 3.63) is 0 Å². The minimum atomic E-state index is -0.773. The number of carbonyl (C=O) groups excluding carboxylic acids is 2. The topological polar surface area (TPSA) is 102 Å². The number of hydrogen-bond donors (Lipinski definition) is 2. The molecule has 0 heterocycles. The van der Waals surface area contributed by atoms with Crippen LogP contribution in [-0.2, 0) is 4.79 Å². The second-order valence-corrected chi connectivity index (χ2v) is 1.50. The van der Waals surface area contributed by atoms with E-state index in [0.717, 1.165) is 5.01 Å². The first-order valence-electron chi connectivity index (χ1n) is 2.40. The summed E-state index contributed by atoms with van der Waals surface area (Å²) in [4.78, 5) is 20.0. The second-order valence-electron chi connectivity index (χ2n) is 1.50. The molecule has 6 nitrogen and oxygen atoms in total. The van der Waals surface area contributed by atoms with Gasteiger partial charge in [-0.2, -0.15) is 0 Å². The summed E-state index contributed by atoms with van der Waals surface area (Å²) < 4.78 is 0. The van der Waals surface area contributed by atoms with Crippen molar-refractivity contribution in [1.82, 2.24) is 5.01 Å². The number of amidine groups is 1. The lowest BCUT2D eigenvalue weighted by Gasteiger charge is -2.05. The number of urea groups is 1. The van der Waals surface area contributed by atoms with Crippen LogP contribution < -0.4 is 11.5 Å². The number of aldehydes is 1. The van der Waals surface area contributed by atoms with Gasteiger partial charge >= 0.3 is 6.03 Å². The largest absolute Gasteiger partial charge is 0.380 e. The number of primary amides is 1. The minimum Gasteiger partial charge on any atom is -0.380 e. The van der Waals surface area contributed by atoms with Gasteiger partial charge in [-0.15, -0.1) is 5.10 Å². The van der Waals surface area contributed by atoms with Gasteiger partial charge in [-0.05, 0) is 0 Å². The van der Waals surface area contributed by atoms with Crippen molar-refractivity contribution in [2.45, 2.75) is 0 Å². The molecule has 0 aromatic heterocycles. The van der Waals surface area contributed by atoms with Crippen molar-refractivity contribution in [2.75, 3.05) is 7.05 Å². The number of nitrogens with zero attached hydrogens (tertiary/aromatic N) is 2. The van der Waals surface area contributed by atoms with Crippen LogP contribution in [0.25, 0.3) is 0 Å². The lowest BCUT2D eigenvalue weighted by atomic mass is 10.7. The molecule has 0 bridgehead atoms. The SMILES string of the molecule is CN(/N=C(/N)C=O)C(N)=O. The molecule has 0 aromatic carbocycles. The summed E-state index contributed by atoms with van der Waals surface area (Å²) in [6.45, 7) is 0. The van der Waals surface area contributed by atoms with E-state index in [9.17, 15) is 9.59 Å². The van der Waals surface area contributed by atoms with E-state index < -0.39 is 6.03 Å². The summed E-state index contributed by atoms with van der Waals surface area (Å²) in [6.07, 6.45) is 0.319. The predicted octanol–water partition coefficient (Wildman–Crippen LogP) is -1.53. The Morgan fingerprint density at radius 3 is 2.40 bits per heavy atom. The summed E-state index contributed by atoms with van der Waals surface area (Å²) in [7, 11) is 1.29. The van der Waals surface area contributed by atoms with Gasteiger partial charge in [-0.25, -0.2) is 9.80 Å². The molecule has 0 spiro atoms. The van der Waals surface area contributed by atoms with Crippen LogP contribution in [0.1, 0.15) is 0 Å². The Morgan fingerprint density at radius 2 is 2.10 bits per heavy atom. The van der Waals surface area contributed by atoms with E-state index >= 15 is 0 Å². The molecule has 0 aromatic rings. The summed E-state index contributed by atoms with van der Waals surface area (Å²) in [5.74, 6) is -0.290. The van der Waals surface area contributed by atoms with Crippen LogP contribution in [0.5, 0.6) is 0 Å². The van der Waals surface area contributed by atoms with Crippen LogP contribution >= 0.6 is 0 Å². The van der Waals surface area contributed by atoms with Crippen molar-refractivity contribution in [2.24, 2.45) is 16.6 Å². The highest BCUT2D eigenvalue weighted by Crippen LogP contribution is 1.79. The fourth-order valence-corrected chi connectivity index (χ4v) is 0.246. The molecule has 10 heavy (non-hydrogen) atoms. The van der Waals surface area contributed by atoms with E-state index in [-0.39, 0.29) is 5.84 Å². The quantitative estimate of drug-likeness (QED) is 0.212. The highest BCUT2D eigenvalue weighted by Gasteiger charge is 1.99. The lowest BCUT2D eigenvalue weighted by Crippen LogP contribution is -2.30. The van der Waals surface area contributed by atoms with E-state index in [0.29, 0.717) is 6.29 Å². The Kier molecular flexibility index (Phi) is 2.89. The summed E-state index contributed by atoms with van der Waals surface area (Å²) in [5, 5.41) is 4.05. The maximum Gasteiger partial charge on any atom is 0.334 e. The fraction of sp³-hybridized carbons (Fsp3) is 0.250. The molecule has 0 radical (unpaired) electrons. The van der Waals surface area contributed by atoms with Gasteiger partial charge in [0, 0.05) is 7.05 Å². The first-order valence-corrected chi connectivity index (χ1v) is 2.40. The van der Waals surface area contributed by atoms with Crippen molar-refractivity contribution in [3.63, 3.8) is 0 Å². The molecule has 0 fully saturated rings. The first-order chi connectivity index (χ1) is 4.57. The van der Waals surface area contributed by atoms with Crippen molar-refractivity contribution in [1.29, 1.82) is 0 Å². The molecule has 0 rings (SSSR count). The van der Waals surface area contributed by atoms with Gasteiger partial charge in [-0.1, -0.05) is 0 Å². The Labute approximate surface area is 57.5 Å². The van der Waals surface area contributed by atoms with Crippen LogP contribution in [0.15, 0.2) is 5.10 Å². The third-order valence-corrected chi connectivity index (χ3v) is 0.705. The first kappa shape index (κ1) is 8.41. The van der Waals surface area contributed by atoms with Gasteiger partial charge in [0.15, 0.2) is 12.1 Å². The molecule has 0 saturated carbocycles. The number of amides is 2. The van der Waals surface area contributed by atoms with Crippen LogP contribution in [0.3, 0.4) is 0 Å². The van der Waals surface area contributed by atoms with Crippen molar-refractivity contribution >= 4 is 18.2 Å². The second kappa shape index (κ2) is 3.44. The molecular weight excluding hydrogens is 136 g/mol. The summed E-state index contributed by atoms with van der Waals surface area (Å²) in [6, 6.07) is -0.773. The monoisotopic (exact) mass is 144 g/mol. The molecule has 0 aliphatic carbocycles.